The maximum absolute atomic E-state index is 12.9. The van der Waals surface area contributed by atoms with E-state index in [2.05, 4.69) is 48.3 Å². The summed E-state index contributed by atoms with van der Waals surface area (Å²) in [6, 6.07) is 11.4. The number of rotatable bonds is 3. The zero-order chi connectivity index (χ0) is 14.8. The van der Waals surface area contributed by atoms with Gasteiger partial charge in [0.1, 0.15) is 0 Å². The molecule has 0 unspecified atom stereocenters. The summed E-state index contributed by atoms with van der Waals surface area (Å²) in [6.07, 6.45) is 2.28. The van der Waals surface area contributed by atoms with Crippen molar-refractivity contribution in [2.24, 2.45) is 0 Å². The number of piperidine rings is 1. The van der Waals surface area contributed by atoms with Crippen molar-refractivity contribution in [1.82, 2.24) is 15.1 Å². The summed E-state index contributed by atoms with van der Waals surface area (Å²) in [5.74, 6) is 0. The van der Waals surface area contributed by atoms with Crippen LogP contribution in [0.1, 0.15) is 38.3 Å². The van der Waals surface area contributed by atoms with Gasteiger partial charge in [-0.05, 0) is 38.8 Å². The molecule has 0 aromatic heterocycles. The molecule has 2 heterocycles. The zero-order valence-corrected chi connectivity index (χ0v) is 13.0. The molecule has 0 bridgehead atoms. The minimum atomic E-state index is 0.181. The Morgan fingerprint density at radius 1 is 1.24 bits per heavy atom. The molecule has 4 heteroatoms. The average molecular weight is 287 g/mol. The van der Waals surface area contributed by atoms with Gasteiger partial charge in [-0.15, -0.1) is 0 Å². The van der Waals surface area contributed by atoms with E-state index in [0.717, 1.165) is 32.5 Å². The molecule has 2 fully saturated rings. The maximum atomic E-state index is 12.9. The molecule has 2 aliphatic heterocycles. The molecule has 1 aromatic carbocycles. The third kappa shape index (κ3) is 2.77. The topological polar surface area (TPSA) is 35.6 Å². The first-order chi connectivity index (χ1) is 10.2. The van der Waals surface area contributed by atoms with Crippen molar-refractivity contribution >= 4 is 6.03 Å². The minimum absolute atomic E-state index is 0.181. The normalized spacial score (nSPS) is 26.7. The lowest BCUT2D eigenvalue weighted by Gasteiger charge is -2.31. The fourth-order valence-corrected chi connectivity index (χ4v) is 3.56. The van der Waals surface area contributed by atoms with Crippen molar-refractivity contribution in [3.05, 3.63) is 35.9 Å². The molecule has 0 radical (unpaired) electrons. The standard InChI is InChI=1S/C17H25N3O/c1-13(2)20-16(14-7-4-3-5-8-14)12-19(17(20)21)15-9-6-10-18-11-15/h3-5,7-8,13,15-16,18H,6,9-12H2,1-2H3/t15-,16-/m0/s1. The van der Waals surface area contributed by atoms with Gasteiger partial charge in [0, 0.05) is 25.2 Å². The number of amides is 2. The van der Waals surface area contributed by atoms with Gasteiger partial charge < -0.3 is 15.1 Å². The van der Waals surface area contributed by atoms with E-state index in [1.54, 1.807) is 0 Å². The van der Waals surface area contributed by atoms with Crippen molar-refractivity contribution in [3.8, 4) is 0 Å². The monoisotopic (exact) mass is 287 g/mol. The second-order valence-electron chi connectivity index (χ2n) is 6.36. The van der Waals surface area contributed by atoms with Gasteiger partial charge in [-0.1, -0.05) is 30.3 Å². The smallest absolute Gasteiger partial charge is 0.318 e. The molecule has 21 heavy (non-hydrogen) atoms. The summed E-state index contributed by atoms with van der Waals surface area (Å²) in [7, 11) is 0. The van der Waals surface area contributed by atoms with Crippen LogP contribution in [-0.2, 0) is 0 Å². The maximum Gasteiger partial charge on any atom is 0.321 e. The van der Waals surface area contributed by atoms with E-state index in [4.69, 9.17) is 0 Å². The summed E-state index contributed by atoms with van der Waals surface area (Å²) in [5.41, 5.74) is 1.24. The molecular formula is C17H25N3O. The van der Waals surface area contributed by atoms with E-state index >= 15 is 0 Å². The van der Waals surface area contributed by atoms with Crippen LogP contribution in [0.5, 0.6) is 0 Å². The lowest BCUT2D eigenvalue weighted by Crippen LogP contribution is -2.48. The third-order valence-electron chi connectivity index (χ3n) is 4.62. The molecule has 0 spiro atoms. The van der Waals surface area contributed by atoms with Gasteiger partial charge in [0.15, 0.2) is 0 Å². The molecular weight excluding hydrogens is 262 g/mol. The predicted octanol–water partition coefficient (Wildman–Crippen LogP) is 2.63. The van der Waals surface area contributed by atoms with Crippen molar-refractivity contribution in [2.45, 2.75) is 44.8 Å². The lowest BCUT2D eigenvalue weighted by molar-refractivity contribution is 0.157. The number of hydrogen-bond acceptors (Lipinski definition) is 2. The fraction of sp³-hybridized carbons (Fsp3) is 0.588. The van der Waals surface area contributed by atoms with E-state index < -0.39 is 0 Å². The summed E-state index contributed by atoms with van der Waals surface area (Å²) in [5, 5.41) is 3.42. The summed E-state index contributed by atoms with van der Waals surface area (Å²) in [6.45, 7) is 7.04. The molecule has 2 amide bonds. The number of urea groups is 1. The molecule has 2 atom stereocenters. The van der Waals surface area contributed by atoms with Gasteiger partial charge in [-0.3, -0.25) is 0 Å². The molecule has 0 aliphatic carbocycles. The fourth-order valence-electron chi connectivity index (χ4n) is 3.56. The Balaban J connectivity index is 1.84. The van der Waals surface area contributed by atoms with Crippen molar-refractivity contribution in [3.63, 3.8) is 0 Å². The highest BCUT2D eigenvalue weighted by Gasteiger charge is 2.42. The van der Waals surface area contributed by atoms with Crippen molar-refractivity contribution in [1.29, 1.82) is 0 Å². The summed E-state index contributed by atoms with van der Waals surface area (Å²) in [4.78, 5) is 17.0. The van der Waals surface area contributed by atoms with Gasteiger partial charge in [0.25, 0.3) is 0 Å². The predicted molar refractivity (Wildman–Crippen MR) is 84.2 cm³/mol. The number of benzene rings is 1. The first kappa shape index (κ1) is 14.4. The van der Waals surface area contributed by atoms with Gasteiger partial charge in [-0.25, -0.2) is 4.79 Å². The SMILES string of the molecule is CC(C)N1C(=O)N([C@H]2CCCNC2)C[C@H]1c1ccccc1. The van der Waals surface area contributed by atoms with Crippen LogP contribution in [0.25, 0.3) is 0 Å². The third-order valence-corrected chi connectivity index (χ3v) is 4.62. The van der Waals surface area contributed by atoms with Crippen LogP contribution in [0.3, 0.4) is 0 Å². The molecule has 4 nitrogen and oxygen atoms in total. The van der Waals surface area contributed by atoms with Crippen LogP contribution >= 0.6 is 0 Å². The Morgan fingerprint density at radius 2 is 2.00 bits per heavy atom. The number of hydrogen-bond donors (Lipinski definition) is 1. The van der Waals surface area contributed by atoms with Crippen LogP contribution in [0.4, 0.5) is 4.79 Å². The summed E-state index contributed by atoms with van der Waals surface area (Å²) < 4.78 is 0. The zero-order valence-electron chi connectivity index (χ0n) is 13.0. The van der Waals surface area contributed by atoms with Gasteiger partial charge in [-0.2, -0.15) is 0 Å². The molecule has 2 aliphatic rings. The molecule has 0 saturated carbocycles. The second-order valence-corrected chi connectivity index (χ2v) is 6.36. The number of nitrogens with one attached hydrogen (secondary N) is 1. The Bertz CT molecular complexity index is 482. The van der Waals surface area contributed by atoms with Crippen LogP contribution in [-0.4, -0.2) is 47.5 Å². The van der Waals surface area contributed by atoms with E-state index in [-0.39, 0.29) is 18.1 Å². The lowest BCUT2D eigenvalue weighted by atomic mass is 10.0. The van der Waals surface area contributed by atoms with E-state index in [1.807, 2.05) is 11.0 Å². The van der Waals surface area contributed by atoms with Gasteiger partial charge >= 0.3 is 6.03 Å². The van der Waals surface area contributed by atoms with Crippen LogP contribution in [0.15, 0.2) is 30.3 Å². The van der Waals surface area contributed by atoms with Crippen molar-refractivity contribution in [2.75, 3.05) is 19.6 Å². The highest BCUT2D eigenvalue weighted by atomic mass is 16.2. The Kier molecular flexibility index (Phi) is 4.15. The molecule has 3 rings (SSSR count). The highest BCUT2D eigenvalue weighted by molar-refractivity contribution is 5.78. The van der Waals surface area contributed by atoms with Crippen LogP contribution in [0.2, 0.25) is 0 Å². The van der Waals surface area contributed by atoms with E-state index in [9.17, 15) is 4.79 Å². The van der Waals surface area contributed by atoms with Crippen molar-refractivity contribution < 1.29 is 4.79 Å². The second kappa shape index (κ2) is 6.06. The average Bonchev–Trinajstić information content (AvgIpc) is 2.87. The van der Waals surface area contributed by atoms with E-state index in [0.29, 0.717) is 6.04 Å². The Labute approximate surface area is 127 Å². The van der Waals surface area contributed by atoms with Gasteiger partial charge in [0.2, 0.25) is 0 Å². The number of carbonyl (C=O) groups is 1. The van der Waals surface area contributed by atoms with E-state index in [1.165, 1.54) is 5.56 Å². The molecule has 114 valence electrons. The number of carbonyl (C=O) groups excluding carboxylic acids is 1. The first-order valence-corrected chi connectivity index (χ1v) is 8.03. The number of nitrogens with zero attached hydrogens (tertiary/aromatic N) is 2. The van der Waals surface area contributed by atoms with Gasteiger partial charge in [0.05, 0.1) is 6.04 Å². The largest absolute Gasteiger partial charge is 0.321 e. The van der Waals surface area contributed by atoms with Crippen LogP contribution in [0, 0.1) is 0 Å². The quantitative estimate of drug-likeness (QED) is 0.927. The minimum Gasteiger partial charge on any atom is -0.318 e. The molecule has 2 saturated heterocycles. The molecule has 1 aromatic rings. The highest BCUT2D eigenvalue weighted by Crippen LogP contribution is 2.33. The summed E-state index contributed by atoms with van der Waals surface area (Å²) >= 11 is 0. The van der Waals surface area contributed by atoms with Crippen LogP contribution < -0.4 is 5.32 Å². The molecule has 1 N–H and O–H groups in total. The first-order valence-electron chi connectivity index (χ1n) is 8.03. The Hall–Kier alpha value is -1.55. The Morgan fingerprint density at radius 3 is 2.62 bits per heavy atom.